The molecule has 1 heterocycles. The van der Waals surface area contributed by atoms with Crippen LogP contribution in [0.15, 0.2) is 60.0 Å². The standard InChI is InChI=1S/C21H20FNO2S/c1-15-5-3-7-20(16(15)2)25-14-21(24)23(13-19-6-4-12-26-19)18-10-8-17(22)9-11-18/h3-12H,13-14H2,1-2H3. The zero-order valence-corrected chi connectivity index (χ0v) is 15.6. The molecule has 0 aliphatic carbocycles. The van der Waals surface area contributed by atoms with Crippen molar-refractivity contribution in [3.63, 3.8) is 0 Å². The Hall–Kier alpha value is -2.66. The fourth-order valence-corrected chi connectivity index (χ4v) is 3.29. The first-order chi connectivity index (χ1) is 12.5. The number of benzene rings is 2. The molecule has 0 aliphatic rings. The zero-order valence-electron chi connectivity index (χ0n) is 14.7. The van der Waals surface area contributed by atoms with Crippen molar-refractivity contribution in [2.45, 2.75) is 20.4 Å². The van der Waals surface area contributed by atoms with E-state index in [4.69, 9.17) is 4.74 Å². The lowest BCUT2D eigenvalue weighted by atomic mass is 10.1. The minimum absolute atomic E-state index is 0.0763. The maximum absolute atomic E-state index is 13.3. The molecule has 0 fully saturated rings. The fourth-order valence-electron chi connectivity index (χ4n) is 2.60. The van der Waals surface area contributed by atoms with Crippen LogP contribution in [0.5, 0.6) is 5.75 Å². The van der Waals surface area contributed by atoms with E-state index in [-0.39, 0.29) is 18.3 Å². The van der Waals surface area contributed by atoms with Crippen molar-refractivity contribution in [3.8, 4) is 5.75 Å². The van der Waals surface area contributed by atoms with Crippen molar-refractivity contribution in [3.05, 3.63) is 81.8 Å². The van der Waals surface area contributed by atoms with Crippen molar-refractivity contribution >= 4 is 22.9 Å². The molecule has 2 aromatic carbocycles. The molecular weight excluding hydrogens is 349 g/mol. The van der Waals surface area contributed by atoms with Gasteiger partial charge in [0.2, 0.25) is 0 Å². The van der Waals surface area contributed by atoms with Crippen molar-refractivity contribution in [1.82, 2.24) is 0 Å². The maximum Gasteiger partial charge on any atom is 0.265 e. The van der Waals surface area contributed by atoms with Gasteiger partial charge in [-0.15, -0.1) is 11.3 Å². The highest BCUT2D eigenvalue weighted by Gasteiger charge is 2.18. The smallest absolute Gasteiger partial charge is 0.265 e. The maximum atomic E-state index is 13.3. The third-order valence-corrected chi connectivity index (χ3v) is 5.10. The van der Waals surface area contributed by atoms with Gasteiger partial charge in [0, 0.05) is 10.6 Å². The molecule has 5 heteroatoms. The van der Waals surface area contributed by atoms with E-state index in [1.165, 1.54) is 12.1 Å². The molecule has 0 unspecified atom stereocenters. The molecule has 3 aromatic rings. The van der Waals surface area contributed by atoms with Crippen molar-refractivity contribution in [1.29, 1.82) is 0 Å². The Morgan fingerprint density at radius 1 is 1.08 bits per heavy atom. The van der Waals surface area contributed by atoms with Gasteiger partial charge < -0.3 is 9.64 Å². The van der Waals surface area contributed by atoms with E-state index < -0.39 is 0 Å². The van der Waals surface area contributed by atoms with Crippen LogP contribution in [0.3, 0.4) is 0 Å². The second-order valence-electron chi connectivity index (χ2n) is 6.02. The molecule has 0 saturated carbocycles. The molecule has 3 nitrogen and oxygen atoms in total. The largest absolute Gasteiger partial charge is 0.483 e. The summed E-state index contributed by atoms with van der Waals surface area (Å²) in [5, 5.41) is 1.97. The van der Waals surface area contributed by atoms with E-state index in [2.05, 4.69) is 0 Å². The Balaban J connectivity index is 1.78. The summed E-state index contributed by atoms with van der Waals surface area (Å²) in [6, 6.07) is 15.6. The van der Waals surface area contributed by atoms with Crippen molar-refractivity contribution in [2.75, 3.05) is 11.5 Å². The normalized spacial score (nSPS) is 10.6. The predicted molar refractivity (Wildman–Crippen MR) is 103 cm³/mol. The number of hydrogen-bond donors (Lipinski definition) is 0. The second kappa shape index (κ2) is 8.15. The van der Waals surface area contributed by atoms with Gasteiger partial charge in [0.05, 0.1) is 6.54 Å². The SMILES string of the molecule is Cc1cccc(OCC(=O)N(Cc2cccs2)c2ccc(F)cc2)c1C. The molecule has 0 N–H and O–H groups in total. The highest BCUT2D eigenvalue weighted by atomic mass is 32.1. The summed E-state index contributed by atoms with van der Waals surface area (Å²) in [6.45, 7) is 4.33. The minimum atomic E-state index is -0.330. The predicted octanol–water partition coefficient (Wildman–Crippen LogP) is 5.12. The number of amides is 1. The van der Waals surface area contributed by atoms with Crippen LogP contribution >= 0.6 is 11.3 Å². The van der Waals surface area contributed by atoms with Gasteiger partial charge in [0.1, 0.15) is 11.6 Å². The summed E-state index contributed by atoms with van der Waals surface area (Å²) in [5.74, 6) is 0.198. The molecule has 0 atom stereocenters. The lowest BCUT2D eigenvalue weighted by Crippen LogP contribution is -2.34. The first kappa shape index (κ1) is 18.1. The number of anilines is 1. The molecule has 26 heavy (non-hydrogen) atoms. The van der Waals surface area contributed by atoms with E-state index in [1.54, 1.807) is 28.4 Å². The van der Waals surface area contributed by atoms with Gasteiger partial charge in [-0.1, -0.05) is 18.2 Å². The second-order valence-corrected chi connectivity index (χ2v) is 7.05. The third kappa shape index (κ3) is 4.29. The van der Waals surface area contributed by atoms with E-state index >= 15 is 0 Å². The molecular formula is C21H20FNO2S. The number of thiophene rings is 1. The van der Waals surface area contributed by atoms with Gasteiger partial charge in [-0.3, -0.25) is 4.79 Å². The monoisotopic (exact) mass is 369 g/mol. The van der Waals surface area contributed by atoms with Crippen molar-refractivity contribution < 1.29 is 13.9 Å². The molecule has 134 valence electrons. The number of rotatable bonds is 6. The van der Waals surface area contributed by atoms with E-state index in [1.807, 2.05) is 49.6 Å². The molecule has 0 spiro atoms. The lowest BCUT2D eigenvalue weighted by molar-refractivity contribution is -0.120. The number of carbonyl (C=O) groups excluding carboxylic acids is 1. The Labute approximate surface area is 156 Å². The average Bonchev–Trinajstić information content (AvgIpc) is 3.15. The Kier molecular flexibility index (Phi) is 5.68. The van der Waals surface area contributed by atoms with Crippen LogP contribution in [0.2, 0.25) is 0 Å². The van der Waals surface area contributed by atoms with E-state index in [0.717, 1.165) is 16.0 Å². The molecule has 0 bridgehead atoms. The first-order valence-corrected chi connectivity index (χ1v) is 9.20. The highest BCUT2D eigenvalue weighted by molar-refractivity contribution is 7.09. The Bertz CT molecular complexity index is 876. The minimum Gasteiger partial charge on any atom is -0.483 e. The molecule has 1 aromatic heterocycles. The van der Waals surface area contributed by atoms with Crippen molar-refractivity contribution in [2.24, 2.45) is 0 Å². The summed E-state index contributed by atoms with van der Waals surface area (Å²) in [5.41, 5.74) is 2.78. The van der Waals surface area contributed by atoms with Crippen LogP contribution in [0.1, 0.15) is 16.0 Å². The van der Waals surface area contributed by atoms with E-state index in [0.29, 0.717) is 18.0 Å². The molecule has 0 aliphatic heterocycles. The number of nitrogens with zero attached hydrogens (tertiary/aromatic N) is 1. The van der Waals surface area contributed by atoms with Crippen LogP contribution in [0, 0.1) is 19.7 Å². The number of ether oxygens (including phenoxy) is 1. The summed E-state index contributed by atoms with van der Waals surface area (Å²) < 4.78 is 19.0. The number of halogens is 1. The Morgan fingerprint density at radius 2 is 1.85 bits per heavy atom. The number of aryl methyl sites for hydroxylation is 1. The fraction of sp³-hybridized carbons (Fsp3) is 0.190. The summed E-state index contributed by atoms with van der Waals surface area (Å²) in [7, 11) is 0. The van der Waals surface area contributed by atoms with Gasteiger partial charge in [0.25, 0.3) is 5.91 Å². The summed E-state index contributed by atoms with van der Waals surface area (Å²) in [6.07, 6.45) is 0. The van der Waals surface area contributed by atoms with Gasteiger partial charge in [0.15, 0.2) is 6.61 Å². The van der Waals surface area contributed by atoms with Crippen LogP contribution in [0.25, 0.3) is 0 Å². The first-order valence-electron chi connectivity index (χ1n) is 8.32. The average molecular weight is 369 g/mol. The van der Waals surface area contributed by atoms with Gasteiger partial charge in [-0.25, -0.2) is 4.39 Å². The van der Waals surface area contributed by atoms with Gasteiger partial charge in [-0.2, -0.15) is 0 Å². The molecule has 0 saturated heterocycles. The number of hydrogen-bond acceptors (Lipinski definition) is 3. The molecule has 0 radical (unpaired) electrons. The van der Waals surface area contributed by atoms with E-state index in [9.17, 15) is 9.18 Å². The van der Waals surface area contributed by atoms with Crippen LogP contribution in [-0.4, -0.2) is 12.5 Å². The summed E-state index contributed by atoms with van der Waals surface area (Å²) in [4.78, 5) is 15.5. The molecule has 1 amide bonds. The summed E-state index contributed by atoms with van der Waals surface area (Å²) >= 11 is 1.58. The third-order valence-electron chi connectivity index (χ3n) is 4.24. The zero-order chi connectivity index (χ0) is 18.5. The number of carbonyl (C=O) groups is 1. The van der Waals surface area contributed by atoms with Gasteiger partial charge in [-0.05, 0) is 66.8 Å². The quantitative estimate of drug-likeness (QED) is 0.604. The van der Waals surface area contributed by atoms with Crippen LogP contribution < -0.4 is 9.64 Å². The van der Waals surface area contributed by atoms with Gasteiger partial charge >= 0.3 is 0 Å². The highest BCUT2D eigenvalue weighted by Crippen LogP contribution is 2.23. The van der Waals surface area contributed by atoms with Crippen LogP contribution in [0.4, 0.5) is 10.1 Å². The lowest BCUT2D eigenvalue weighted by Gasteiger charge is -2.23. The Morgan fingerprint density at radius 3 is 2.54 bits per heavy atom. The van der Waals surface area contributed by atoms with Crippen LogP contribution in [-0.2, 0) is 11.3 Å². The topological polar surface area (TPSA) is 29.5 Å². The molecule has 3 rings (SSSR count).